The summed E-state index contributed by atoms with van der Waals surface area (Å²) in [5.41, 5.74) is 1.01. The van der Waals surface area contributed by atoms with Crippen LogP contribution in [-0.2, 0) is 16.1 Å². The number of amides is 2. The van der Waals surface area contributed by atoms with Gasteiger partial charge < -0.3 is 19.7 Å². The monoisotopic (exact) mass is 377 g/mol. The average Bonchev–Trinajstić information content (AvgIpc) is 2.68. The standard InChI is InChI=1S/C20H31N3O4/c1-5-6-10-22(2)19(24)13-16-20(25)21-9-11-23(16)14-15-7-8-17(26-3)18(12-15)27-4/h7-8,12,16H,5-6,9-11,13-14H2,1-4H3,(H,21,25)/t16-/m0/s1. The van der Waals surface area contributed by atoms with Crippen LogP contribution in [0, 0.1) is 0 Å². The van der Waals surface area contributed by atoms with Crippen molar-refractivity contribution in [3.05, 3.63) is 23.8 Å². The summed E-state index contributed by atoms with van der Waals surface area (Å²) in [5, 5.41) is 2.88. The van der Waals surface area contributed by atoms with Crippen LogP contribution >= 0.6 is 0 Å². The first-order valence-corrected chi connectivity index (χ1v) is 9.46. The molecule has 7 heteroatoms. The minimum absolute atomic E-state index is 0.00260. The fraction of sp³-hybridized carbons (Fsp3) is 0.600. The summed E-state index contributed by atoms with van der Waals surface area (Å²) in [6.45, 7) is 4.68. The minimum atomic E-state index is -0.455. The number of hydrogen-bond donors (Lipinski definition) is 1. The fourth-order valence-corrected chi connectivity index (χ4v) is 3.23. The Hall–Kier alpha value is -2.28. The smallest absolute Gasteiger partial charge is 0.237 e. The summed E-state index contributed by atoms with van der Waals surface area (Å²) in [5.74, 6) is 1.24. The summed E-state index contributed by atoms with van der Waals surface area (Å²) in [7, 11) is 5.00. The molecule has 0 aromatic heterocycles. The topological polar surface area (TPSA) is 71.1 Å². The predicted octanol–water partition coefficient (Wildman–Crippen LogP) is 1.65. The maximum Gasteiger partial charge on any atom is 0.237 e. The molecular weight excluding hydrogens is 346 g/mol. The number of carbonyl (C=O) groups is 2. The molecule has 0 bridgehead atoms. The van der Waals surface area contributed by atoms with E-state index < -0.39 is 6.04 Å². The van der Waals surface area contributed by atoms with Gasteiger partial charge >= 0.3 is 0 Å². The largest absolute Gasteiger partial charge is 0.493 e. The Morgan fingerprint density at radius 3 is 2.70 bits per heavy atom. The quantitative estimate of drug-likeness (QED) is 0.709. The zero-order chi connectivity index (χ0) is 19.8. The van der Waals surface area contributed by atoms with Gasteiger partial charge in [0.2, 0.25) is 11.8 Å². The third kappa shape index (κ3) is 5.60. The number of carbonyl (C=O) groups excluding carboxylic acids is 2. The van der Waals surface area contributed by atoms with E-state index in [1.165, 1.54) is 0 Å². The summed E-state index contributed by atoms with van der Waals surface area (Å²) in [6.07, 6.45) is 2.20. The highest BCUT2D eigenvalue weighted by atomic mass is 16.5. The van der Waals surface area contributed by atoms with Crippen molar-refractivity contribution in [3.63, 3.8) is 0 Å². The van der Waals surface area contributed by atoms with E-state index >= 15 is 0 Å². The molecule has 1 aromatic rings. The highest BCUT2D eigenvalue weighted by Gasteiger charge is 2.32. The summed E-state index contributed by atoms with van der Waals surface area (Å²) in [6, 6.07) is 5.28. The fourth-order valence-electron chi connectivity index (χ4n) is 3.23. The third-order valence-electron chi connectivity index (χ3n) is 4.92. The highest BCUT2D eigenvalue weighted by molar-refractivity contribution is 5.88. The van der Waals surface area contributed by atoms with Crippen LogP contribution in [0.5, 0.6) is 11.5 Å². The minimum Gasteiger partial charge on any atom is -0.493 e. The molecule has 1 atom stereocenters. The van der Waals surface area contributed by atoms with Crippen LogP contribution in [0.2, 0.25) is 0 Å². The molecule has 2 rings (SSSR count). The van der Waals surface area contributed by atoms with Crippen molar-refractivity contribution in [2.24, 2.45) is 0 Å². The predicted molar refractivity (Wildman–Crippen MR) is 104 cm³/mol. The van der Waals surface area contributed by atoms with Crippen molar-refractivity contribution in [2.45, 2.75) is 38.8 Å². The van der Waals surface area contributed by atoms with Crippen molar-refractivity contribution < 1.29 is 19.1 Å². The lowest BCUT2D eigenvalue weighted by atomic mass is 10.1. The van der Waals surface area contributed by atoms with Gasteiger partial charge in [0.25, 0.3) is 0 Å². The SMILES string of the molecule is CCCCN(C)C(=O)C[C@H]1C(=O)NCCN1Cc1ccc(OC)c(OC)c1. The third-order valence-corrected chi connectivity index (χ3v) is 4.92. The van der Waals surface area contributed by atoms with Gasteiger partial charge in [-0.15, -0.1) is 0 Å². The summed E-state index contributed by atoms with van der Waals surface area (Å²) >= 11 is 0. The molecule has 27 heavy (non-hydrogen) atoms. The van der Waals surface area contributed by atoms with Crippen LogP contribution in [0.4, 0.5) is 0 Å². The van der Waals surface area contributed by atoms with Gasteiger partial charge in [0.05, 0.1) is 26.7 Å². The average molecular weight is 377 g/mol. The molecular formula is C20H31N3O4. The van der Waals surface area contributed by atoms with Crippen molar-refractivity contribution in [3.8, 4) is 11.5 Å². The number of ether oxygens (including phenoxy) is 2. The van der Waals surface area contributed by atoms with Gasteiger partial charge in [0.1, 0.15) is 0 Å². The van der Waals surface area contributed by atoms with Crippen molar-refractivity contribution >= 4 is 11.8 Å². The Morgan fingerprint density at radius 2 is 2.04 bits per heavy atom. The van der Waals surface area contributed by atoms with Crippen LogP contribution < -0.4 is 14.8 Å². The first kappa shape index (κ1) is 21.0. The molecule has 0 aliphatic carbocycles. The van der Waals surface area contributed by atoms with Gasteiger partial charge in [-0.1, -0.05) is 19.4 Å². The van der Waals surface area contributed by atoms with Crippen LogP contribution in [0.3, 0.4) is 0 Å². The Labute approximate surface area is 161 Å². The molecule has 150 valence electrons. The van der Waals surface area contributed by atoms with E-state index in [1.807, 2.05) is 18.2 Å². The van der Waals surface area contributed by atoms with Crippen LogP contribution in [0.15, 0.2) is 18.2 Å². The molecule has 2 amide bonds. The van der Waals surface area contributed by atoms with E-state index in [2.05, 4.69) is 17.1 Å². The number of nitrogens with one attached hydrogen (secondary N) is 1. The first-order valence-electron chi connectivity index (χ1n) is 9.46. The highest BCUT2D eigenvalue weighted by Crippen LogP contribution is 2.28. The molecule has 1 N–H and O–H groups in total. The number of benzene rings is 1. The normalized spacial score (nSPS) is 17.3. The van der Waals surface area contributed by atoms with Gasteiger partial charge in [0, 0.05) is 33.2 Å². The number of nitrogens with zero attached hydrogens (tertiary/aromatic N) is 2. The van der Waals surface area contributed by atoms with Gasteiger partial charge in [-0.25, -0.2) is 0 Å². The second-order valence-electron chi connectivity index (χ2n) is 6.84. The lowest BCUT2D eigenvalue weighted by Gasteiger charge is -2.35. The second kappa shape index (κ2) is 10.2. The van der Waals surface area contributed by atoms with Crippen molar-refractivity contribution in [1.82, 2.24) is 15.1 Å². The molecule has 7 nitrogen and oxygen atoms in total. The molecule has 0 saturated carbocycles. The molecule has 1 saturated heterocycles. The van der Waals surface area contributed by atoms with Gasteiger partial charge in [-0.2, -0.15) is 0 Å². The molecule has 1 aliphatic rings. The number of hydrogen-bond acceptors (Lipinski definition) is 5. The first-order chi connectivity index (χ1) is 13.0. The molecule has 1 heterocycles. The van der Waals surface area contributed by atoms with Crippen LogP contribution in [-0.4, -0.2) is 68.6 Å². The van der Waals surface area contributed by atoms with Gasteiger partial charge in [-0.05, 0) is 24.1 Å². The Bertz CT molecular complexity index is 650. The van der Waals surface area contributed by atoms with Crippen LogP contribution in [0.25, 0.3) is 0 Å². The zero-order valence-electron chi connectivity index (χ0n) is 16.8. The van der Waals surface area contributed by atoms with Gasteiger partial charge in [-0.3, -0.25) is 14.5 Å². The maximum atomic E-state index is 12.5. The lowest BCUT2D eigenvalue weighted by molar-refractivity contribution is -0.138. The summed E-state index contributed by atoms with van der Waals surface area (Å²) in [4.78, 5) is 28.7. The summed E-state index contributed by atoms with van der Waals surface area (Å²) < 4.78 is 10.6. The number of piperazine rings is 1. The van der Waals surface area contributed by atoms with E-state index in [-0.39, 0.29) is 18.2 Å². The maximum absolute atomic E-state index is 12.5. The van der Waals surface area contributed by atoms with Crippen molar-refractivity contribution in [2.75, 3.05) is 40.9 Å². The zero-order valence-corrected chi connectivity index (χ0v) is 16.8. The molecule has 0 unspecified atom stereocenters. The van der Waals surface area contributed by atoms with E-state index in [9.17, 15) is 9.59 Å². The van der Waals surface area contributed by atoms with Crippen LogP contribution in [0.1, 0.15) is 31.7 Å². The van der Waals surface area contributed by atoms with Gasteiger partial charge in [0.15, 0.2) is 11.5 Å². The number of rotatable bonds is 9. The Kier molecular flexibility index (Phi) is 7.91. The molecule has 1 aromatic carbocycles. The number of methoxy groups -OCH3 is 2. The van der Waals surface area contributed by atoms with E-state index in [0.29, 0.717) is 31.1 Å². The van der Waals surface area contributed by atoms with Crippen molar-refractivity contribution in [1.29, 1.82) is 0 Å². The van der Waals surface area contributed by atoms with E-state index in [1.54, 1.807) is 26.2 Å². The Balaban J connectivity index is 2.09. The second-order valence-corrected chi connectivity index (χ2v) is 6.84. The Morgan fingerprint density at radius 1 is 1.30 bits per heavy atom. The molecule has 1 fully saturated rings. The lowest BCUT2D eigenvalue weighted by Crippen LogP contribution is -2.56. The number of unbranched alkanes of at least 4 members (excludes halogenated alkanes) is 1. The van der Waals surface area contributed by atoms with E-state index in [0.717, 1.165) is 24.9 Å². The molecule has 0 spiro atoms. The van der Waals surface area contributed by atoms with E-state index in [4.69, 9.17) is 9.47 Å². The molecule has 1 aliphatic heterocycles. The molecule has 0 radical (unpaired) electrons.